The van der Waals surface area contributed by atoms with E-state index in [1.807, 2.05) is 0 Å². The van der Waals surface area contributed by atoms with Gasteiger partial charge in [-0.3, -0.25) is 0 Å². The van der Waals surface area contributed by atoms with Gasteiger partial charge in [-0.2, -0.15) is 0 Å². The van der Waals surface area contributed by atoms with E-state index in [0.717, 1.165) is 6.42 Å². The lowest BCUT2D eigenvalue weighted by Gasteiger charge is -1.85. The highest BCUT2D eigenvalue weighted by Crippen LogP contribution is 1.73. The molecule has 0 aromatic carbocycles. The maximum Gasteiger partial charge on any atom is 0.00707 e. The van der Waals surface area contributed by atoms with E-state index in [-0.39, 0.29) is 24.0 Å². The van der Waals surface area contributed by atoms with Crippen molar-refractivity contribution >= 4 is 29.7 Å². The molecule has 3 N–H and O–H groups in total. The van der Waals surface area contributed by atoms with E-state index in [1.54, 1.807) is 6.92 Å². The highest BCUT2D eigenvalue weighted by Gasteiger charge is 1.78. The van der Waals surface area contributed by atoms with Crippen LogP contribution in [0, 0.1) is 5.41 Å². The van der Waals surface area contributed by atoms with Gasteiger partial charge in [0.2, 0.25) is 0 Å². The van der Waals surface area contributed by atoms with Crippen LogP contribution in [0.3, 0.4) is 0 Å². The van der Waals surface area contributed by atoms with Crippen molar-refractivity contribution in [2.75, 3.05) is 6.54 Å². The summed E-state index contributed by atoms with van der Waals surface area (Å²) in [6.07, 6.45) is 0.736. The van der Waals surface area contributed by atoms with E-state index >= 15 is 0 Å². The summed E-state index contributed by atoms with van der Waals surface area (Å²) in [5.41, 5.74) is 5.75. The summed E-state index contributed by atoms with van der Waals surface area (Å²) in [6.45, 7) is 2.36. The van der Waals surface area contributed by atoms with Crippen molar-refractivity contribution in [1.82, 2.24) is 0 Å². The van der Waals surface area contributed by atoms with E-state index in [1.165, 1.54) is 0 Å². The zero-order chi connectivity index (χ0) is 4.99. The third-order valence-corrected chi connectivity index (χ3v) is 0.519. The van der Waals surface area contributed by atoms with Crippen LogP contribution in [0.1, 0.15) is 13.3 Å². The lowest BCUT2D eigenvalue weighted by atomic mass is 10.3. The quantitative estimate of drug-likeness (QED) is 0.522. The summed E-state index contributed by atoms with van der Waals surface area (Å²) < 4.78 is 0. The Bertz CT molecular complexity index is 53.7. The summed E-state index contributed by atoms with van der Waals surface area (Å²) in [7, 11) is 0. The fourth-order valence-electron chi connectivity index (χ4n) is 0.217. The van der Waals surface area contributed by atoms with Crippen molar-refractivity contribution in [3.05, 3.63) is 0 Å². The zero-order valence-corrected chi connectivity index (χ0v) is 6.73. The molecule has 0 amide bonds. The molecule has 3 heteroatoms. The van der Waals surface area contributed by atoms with E-state index in [9.17, 15) is 0 Å². The maximum absolute atomic E-state index is 6.81. The molecule has 0 aromatic rings. The molecule has 44 valence electrons. The Balaban J connectivity index is 0. The third kappa shape index (κ3) is 10.7. The molecule has 0 saturated heterocycles. The topological polar surface area (TPSA) is 49.9 Å². The Hall–Kier alpha value is 0.360. The lowest BCUT2D eigenvalue weighted by molar-refractivity contribution is 1.03. The van der Waals surface area contributed by atoms with Gasteiger partial charge in [0.25, 0.3) is 0 Å². The number of rotatable bonds is 2. The van der Waals surface area contributed by atoms with Gasteiger partial charge in [-0.1, -0.05) is 0 Å². The second-order valence-electron chi connectivity index (χ2n) is 1.32. The predicted octanol–water partition coefficient (Wildman–Crippen LogP) is 0.993. The number of nitrogens with two attached hydrogens (primary N) is 1. The van der Waals surface area contributed by atoms with Crippen molar-refractivity contribution in [2.24, 2.45) is 5.73 Å². The van der Waals surface area contributed by atoms with Crippen LogP contribution in [0.25, 0.3) is 0 Å². The SMILES string of the molecule is CC(=N)CCN.I. The summed E-state index contributed by atoms with van der Waals surface area (Å²) in [5, 5.41) is 6.81. The molecule has 0 aromatic heterocycles. The van der Waals surface area contributed by atoms with Crippen molar-refractivity contribution in [3.63, 3.8) is 0 Å². The Labute approximate surface area is 61.0 Å². The van der Waals surface area contributed by atoms with Gasteiger partial charge in [0.05, 0.1) is 0 Å². The van der Waals surface area contributed by atoms with Gasteiger partial charge in [0.15, 0.2) is 0 Å². The monoisotopic (exact) mass is 214 g/mol. The number of hydrogen-bond donors (Lipinski definition) is 2. The van der Waals surface area contributed by atoms with Crippen LogP contribution in [-0.4, -0.2) is 12.3 Å². The van der Waals surface area contributed by atoms with Crippen molar-refractivity contribution in [3.8, 4) is 0 Å². The smallest absolute Gasteiger partial charge is 0.00707 e. The van der Waals surface area contributed by atoms with Gasteiger partial charge in [0, 0.05) is 5.71 Å². The summed E-state index contributed by atoms with van der Waals surface area (Å²) in [4.78, 5) is 0. The normalized spacial score (nSPS) is 7.14. The molecule has 2 nitrogen and oxygen atoms in total. The van der Waals surface area contributed by atoms with Gasteiger partial charge in [0.1, 0.15) is 0 Å². The molecule has 0 spiro atoms. The van der Waals surface area contributed by atoms with Crippen LogP contribution >= 0.6 is 24.0 Å². The second-order valence-corrected chi connectivity index (χ2v) is 1.32. The molecule has 0 aliphatic rings. The molecule has 0 heterocycles. The van der Waals surface area contributed by atoms with Crippen LogP contribution in [0.15, 0.2) is 0 Å². The van der Waals surface area contributed by atoms with Crippen molar-refractivity contribution in [2.45, 2.75) is 13.3 Å². The molecule has 0 bridgehead atoms. The minimum atomic E-state index is 0. The highest BCUT2D eigenvalue weighted by atomic mass is 127. The molecular formula is C4H11IN2. The molecule has 0 radical (unpaired) electrons. The Morgan fingerprint density at radius 2 is 2.14 bits per heavy atom. The maximum atomic E-state index is 6.81. The molecule has 0 atom stereocenters. The predicted molar refractivity (Wildman–Crippen MR) is 42.5 cm³/mol. The van der Waals surface area contributed by atoms with Crippen LogP contribution in [-0.2, 0) is 0 Å². The molecule has 0 aliphatic carbocycles. The van der Waals surface area contributed by atoms with Gasteiger partial charge in [-0.05, 0) is 19.9 Å². The molecule has 0 aliphatic heterocycles. The third-order valence-electron chi connectivity index (χ3n) is 0.519. The zero-order valence-electron chi connectivity index (χ0n) is 4.40. The van der Waals surface area contributed by atoms with Gasteiger partial charge in [-0.15, -0.1) is 24.0 Å². The van der Waals surface area contributed by atoms with Gasteiger partial charge < -0.3 is 11.1 Å². The Morgan fingerprint density at radius 3 is 2.14 bits per heavy atom. The summed E-state index contributed by atoms with van der Waals surface area (Å²) in [5.74, 6) is 0. The molecule has 0 unspecified atom stereocenters. The van der Waals surface area contributed by atoms with Gasteiger partial charge >= 0.3 is 0 Å². The fourth-order valence-corrected chi connectivity index (χ4v) is 0.217. The van der Waals surface area contributed by atoms with Crippen LogP contribution in [0.4, 0.5) is 0 Å². The fraction of sp³-hybridized carbons (Fsp3) is 0.750. The first-order valence-electron chi connectivity index (χ1n) is 2.01. The number of nitrogens with one attached hydrogen (secondary N) is 1. The first-order chi connectivity index (χ1) is 2.77. The molecule has 0 saturated carbocycles. The van der Waals surface area contributed by atoms with Crippen LogP contribution in [0.5, 0.6) is 0 Å². The number of hydrogen-bond acceptors (Lipinski definition) is 2. The van der Waals surface area contributed by atoms with E-state index in [0.29, 0.717) is 12.3 Å². The van der Waals surface area contributed by atoms with Crippen LogP contribution < -0.4 is 5.73 Å². The minimum Gasteiger partial charge on any atom is -0.330 e. The summed E-state index contributed by atoms with van der Waals surface area (Å²) in [6, 6.07) is 0. The van der Waals surface area contributed by atoms with Gasteiger partial charge in [-0.25, -0.2) is 0 Å². The van der Waals surface area contributed by atoms with E-state index in [4.69, 9.17) is 11.1 Å². The molecule has 0 fully saturated rings. The summed E-state index contributed by atoms with van der Waals surface area (Å²) >= 11 is 0. The molecule has 0 rings (SSSR count). The van der Waals surface area contributed by atoms with E-state index in [2.05, 4.69) is 0 Å². The highest BCUT2D eigenvalue weighted by molar-refractivity contribution is 14.0. The molecule has 7 heavy (non-hydrogen) atoms. The first kappa shape index (κ1) is 10.4. The first-order valence-corrected chi connectivity index (χ1v) is 2.01. The van der Waals surface area contributed by atoms with E-state index < -0.39 is 0 Å². The standard InChI is InChI=1S/C4H10N2.HI/c1-4(6)2-3-5;/h6H,2-3,5H2,1H3;1H. The minimum absolute atomic E-state index is 0. The van der Waals surface area contributed by atoms with Crippen molar-refractivity contribution in [1.29, 1.82) is 5.41 Å². The lowest BCUT2D eigenvalue weighted by Crippen LogP contribution is -2.02. The second kappa shape index (κ2) is 6.36. The molecular weight excluding hydrogens is 203 g/mol. The average molecular weight is 214 g/mol. The number of halogens is 1. The Kier molecular flexibility index (Phi) is 9.42. The average Bonchev–Trinajstić information content (AvgIpc) is 1.35. The largest absolute Gasteiger partial charge is 0.330 e. The van der Waals surface area contributed by atoms with Crippen molar-refractivity contribution < 1.29 is 0 Å². The Morgan fingerprint density at radius 1 is 1.71 bits per heavy atom. The van der Waals surface area contributed by atoms with Crippen LogP contribution in [0.2, 0.25) is 0 Å².